The first-order chi connectivity index (χ1) is 7.66. The Morgan fingerprint density at radius 1 is 1.50 bits per heavy atom. The average molecular weight is 220 g/mol. The molecule has 0 fully saturated rings. The van der Waals surface area contributed by atoms with Crippen LogP contribution in [0.25, 0.3) is 0 Å². The highest BCUT2D eigenvalue weighted by Gasteiger charge is 2.13. The largest absolute Gasteiger partial charge is 0.392 e. The van der Waals surface area contributed by atoms with Gasteiger partial charge in [0.1, 0.15) is 0 Å². The van der Waals surface area contributed by atoms with Crippen molar-refractivity contribution in [1.82, 2.24) is 10.6 Å². The molecule has 2 rings (SSSR count). The van der Waals surface area contributed by atoms with Crippen LogP contribution >= 0.6 is 0 Å². The van der Waals surface area contributed by atoms with Crippen molar-refractivity contribution >= 4 is 5.91 Å². The van der Waals surface area contributed by atoms with Gasteiger partial charge in [-0.3, -0.25) is 4.79 Å². The minimum Gasteiger partial charge on any atom is -0.392 e. The molecule has 1 aromatic rings. The van der Waals surface area contributed by atoms with Crippen molar-refractivity contribution < 1.29 is 9.90 Å². The van der Waals surface area contributed by atoms with Crippen molar-refractivity contribution in [3.05, 3.63) is 34.9 Å². The Morgan fingerprint density at radius 2 is 2.25 bits per heavy atom. The summed E-state index contributed by atoms with van der Waals surface area (Å²) in [6.45, 7) is 3.64. The molecule has 0 spiro atoms. The van der Waals surface area contributed by atoms with Gasteiger partial charge in [0, 0.05) is 25.2 Å². The lowest BCUT2D eigenvalue weighted by atomic mass is 10.1. The van der Waals surface area contributed by atoms with Gasteiger partial charge in [-0.25, -0.2) is 0 Å². The molecular weight excluding hydrogens is 204 g/mol. The monoisotopic (exact) mass is 220 g/mol. The molecule has 0 aliphatic carbocycles. The minimum absolute atomic E-state index is 0.129. The molecular formula is C12H16N2O2. The number of hydrogen-bond acceptors (Lipinski definition) is 3. The zero-order valence-electron chi connectivity index (χ0n) is 9.29. The highest BCUT2D eigenvalue weighted by Crippen LogP contribution is 2.16. The van der Waals surface area contributed by atoms with E-state index in [0.29, 0.717) is 5.56 Å². The first-order valence-electron chi connectivity index (χ1n) is 5.45. The van der Waals surface area contributed by atoms with E-state index in [-0.39, 0.29) is 12.5 Å². The molecule has 0 aromatic heterocycles. The SMILES string of the molecule is C[C@H](O)CNC(=O)c1ccc2c(c1)CNC2. The summed E-state index contributed by atoms with van der Waals surface area (Å²) in [5.74, 6) is -0.129. The molecule has 1 heterocycles. The molecule has 3 N–H and O–H groups in total. The Labute approximate surface area is 94.7 Å². The van der Waals surface area contributed by atoms with Crippen molar-refractivity contribution in [3.63, 3.8) is 0 Å². The van der Waals surface area contributed by atoms with Gasteiger partial charge in [-0.1, -0.05) is 6.07 Å². The van der Waals surface area contributed by atoms with Crippen LogP contribution in [0.4, 0.5) is 0 Å². The fraction of sp³-hybridized carbons (Fsp3) is 0.417. The third-order valence-corrected chi connectivity index (χ3v) is 2.66. The molecule has 4 nitrogen and oxygen atoms in total. The number of fused-ring (bicyclic) bond motifs is 1. The smallest absolute Gasteiger partial charge is 0.251 e. The van der Waals surface area contributed by atoms with E-state index in [4.69, 9.17) is 5.11 Å². The highest BCUT2D eigenvalue weighted by atomic mass is 16.3. The Hall–Kier alpha value is -1.39. The van der Waals surface area contributed by atoms with Crippen LogP contribution in [-0.2, 0) is 13.1 Å². The zero-order valence-corrected chi connectivity index (χ0v) is 9.29. The maximum absolute atomic E-state index is 11.7. The summed E-state index contributed by atoms with van der Waals surface area (Å²) in [6.07, 6.45) is -0.514. The number of amides is 1. The molecule has 1 aliphatic heterocycles. The predicted octanol–water partition coefficient (Wildman–Crippen LogP) is 0.400. The molecule has 1 aromatic carbocycles. The van der Waals surface area contributed by atoms with E-state index in [2.05, 4.69) is 10.6 Å². The van der Waals surface area contributed by atoms with Gasteiger partial charge in [-0.15, -0.1) is 0 Å². The molecule has 0 bridgehead atoms. The molecule has 1 aliphatic rings. The van der Waals surface area contributed by atoms with Crippen LogP contribution in [0, 0.1) is 0 Å². The van der Waals surface area contributed by atoms with Crippen LogP contribution < -0.4 is 10.6 Å². The van der Waals surface area contributed by atoms with E-state index in [1.807, 2.05) is 18.2 Å². The quantitative estimate of drug-likeness (QED) is 0.691. The van der Waals surface area contributed by atoms with Crippen LogP contribution in [0.2, 0.25) is 0 Å². The van der Waals surface area contributed by atoms with Gasteiger partial charge in [0.25, 0.3) is 5.91 Å². The molecule has 1 atom stereocenters. The second-order valence-corrected chi connectivity index (χ2v) is 4.15. The summed E-state index contributed by atoms with van der Waals surface area (Å²) in [4.78, 5) is 11.7. The number of carbonyl (C=O) groups excluding carboxylic acids is 1. The van der Waals surface area contributed by atoms with Gasteiger partial charge in [-0.2, -0.15) is 0 Å². The van der Waals surface area contributed by atoms with E-state index < -0.39 is 6.10 Å². The van der Waals surface area contributed by atoms with E-state index in [0.717, 1.165) is 13.1 Å². The third-order valence-electron chi connectivity index (χ3n) is 2.66. The fourth-order valence-electron chi connectivity index (χ4n) is 1.78. The second kappa shape index (κ2) is 4.63. The summed E-state index contributed by atoms with van der Waals surface area (Å²) < 4.78 is 0. The van der Waals surface area contributed by atoms with E-state index in [1.54, 1.807) is 6.92 Å². The molecule has 86 valence electrons. The van der Waals surface area contributed by atoms with Crippen molar-refractivity contribution in [3.8, 4) is 0 Å². The van der Waals surface area contributed by atoms with Crippen molar-refractivity contribution in [2.75, 3.05) is 6.54 Å². The molecule has 0 unspecified atom stereocenters. The molecule has 16 heavy (non-hydrogen) atoms. The summed E-state index contributed by atoms with van der Waals surface area (Å²) in [7, 11) is 0. The highest BCUT2D eigenvalue weighted by molar-refractivity contribution is 5.94. The Morgan fingerprint density at radius 3 is 3.00 bits per heavy atom. The van der Waals surface area contributed by atoms with Crippen LogP contribution in [0.1, 0.15) is 28.4 Å². The van der Waals surface area contributed by atoms with Crippen LogP contribution in [0.5, 0.6) is 0 Å². The normalized spacial score (nSPS) is 15.6. The number of rotatable bonds is 3. The first kappa shape index (κ1) is 11.1. The van der Waals surface area contributed by atoms with Gasteiger partial charge in [-0.05, 0) is 30.2 Å². The van der Waals surface area contributed by atoms with Gasteiger partial charge < -0.3 is 15.7 Å². The maximum Gasteiger partial charge on any atom is 0.251 e. The zero-order chi connectivity index (χ0) is 11.5. The summed E-state index contributed by atoms with van der Waals surface area (Å²) >= 11 is 0. The van der Waals surface area contributed by atoms with Crippen molar-refractivity contribution in [2.45, 2.75) is 26.1 Å². The molecule has 0 saturated heterocycles. The third kappa shape index (κ3) is 2.40. The topological polar surface area (TPSA) is 61.4 Å². The fourth-order valence-corrected chi connectivity index (χ4v) is 1.78. The van der Waals surface area contributed by atoms with Crippen LogP contribution in [0.3, 0.4) is 0 Å². The second-order valence-electron chi connectivity index (χ2n) is 4.15. The van der Waals surface area contributed by atoms with Gasteiger partial charge in [0.05, 0.1) is 6.10 Å². The van der Waals surface area contributed by atoms with Gasteiger partial charge in [0.2, 0.25) is 0 Å². The molecule has 4 heteroatoms. The van der Waals surface area contributed by atoms with Crippen molar-refractivity contribution in [1.29, 1.82) is 0 Å². The Bertz CT molecular complexity index is 402. The Kier molecular flexibility index (Phi) is 3.22. The molecule has 1 amide bonds. The van der Waals surface area contributed by atoms with E-state index in [9.17, 15) is 4.79 Å². The summed E-state index contributed by atoms with van der Waals surface area (Å²) in [6, 6.07) is 5.71. The number of benzene rings is 1. The van der Waals surface area contributed by atoms with Gasteiger partial charge >= 0.3 is 0 Å². The lowest BCUT2D eigenvalue weighted by Crippen LogP contribution is -2.30. The predicted molar refractivity (Wildman–Crippen MR) is 61.0 cm³/mol. The van der Waals surface area contributed by atoms with E-state index >= 15 is 0 Å². The number of aliphatic hydroxyl groups is 1. The van der Waals surface area contributed by atoms with Gasteiger partial charge in [0.15, 0.2) is 0 Å². The first-order valence-corrected chi connectivity index (χ1v) is 5.45. The molecule has 0 saturated carbocycles. The summed E-state index contributed by atoms with van der Waals surface area (Å²) in [5.41, 5.74) is 3.10. The number of hydrogen-bond donors (Lipinski definition) is 3. The molecule has 0 radical (unpaired) electrons. The van der Waals surface area contributed by atoms with E-state index in [1.165, 1.54) is 11.1 Å². The number of nitrogens with one attached hydrogen (secondary N) is 2. The summed E-state index contributed by atoms with van der Waals surface area (Å²) in [5, 5.41) is 15.0. The van der Waals surface area contributed by atoms with Crippen LogP contribution in [-0.4, -0.2) is 23.7 Å². The Balaban J connectivity index is 2.06. The lowest BCUT2D eigenvalue weighted by Gasteiger charge is -2.08. The maximum atomic E-state index is 11.7. The number of carbonyl (C=O) groups is 1. The van der Waals surface area contributed by atoms with Crippen LogP contribution in [0.15, 0.2) is 18.2 Å². The standard InChI is InChI=1S/C12H16N2O2/c1-8(15)5-14-12(16)9-2-3-10-6-13-7-11(10)4-9/h2-4,8,13,15H,5-7H2,1H3,(H,14,16)/t8-/m0/s1. The lowest BCUT2D eigenvalue weighted by molar-refractivity contribution is 0.0924. The minimum atomic E-state index is -0.514. The van der Waals surface area contributed by atoms with Crippen molar-refractivity contribution in [2.24, 2.45) is 0 Å². The number of aliphatic hydroxyl groups excluding tert-OH is 1. The average Bonchev–Trinajstić information content (AvgIpc) is 2.72.